The minimum atomic E-state index is -0.252. The van der Waals surface area contributed by atoms with Crippen LogP contribution in [0.3, 0.4) is 0 Å². The van der Waals surface area contributed by atoms with Gasteiger partial charge in [-0.2, -0.15) is 5.10 Å². The van der Waals surface area contributed by atoms with Gasteiger partial charge in [0.15, 0.2) is 0 Å². The van der Waals surface area contributed by atoms with Gasteiger partial charge in [0.2, 0.25) is 0 Å². The fourth-order valence-electron chi connectivity index (χ4n) is 3.60. The number of aliphatic hydroxyl groups excluding tert-OH is 1. The number of nitrogens with one attached hydrogen (secondary N) is 2. The predicted octanol–water partition coefficient (Wildman–Crippen LogP) is 2.29. The number of H-pyrrole nitrogens is 1. The second-order valence-electron chi connectivity index (χ2n) is 6.80. The van der Waals surface area contributed by atoms with Crippen molar-refractivity contribution in [2.24, 2.45) is 0 Å². The summed E-state index contributed by atoms with van der Waals surface area (Å²) in [5.41, 5.74) is 3.09. The molecule has 6 heteroatoms. The van der Waals surface area contributed by atoms with Crippen molar-refractivity contribution in [2.75, 3.05) is 6.61 Å². The number of hydrogen-bond acceptors (Lipinski definition) is 4. The Labute approximate surface area is 151 Å². The largest absolute Gasteiger partial charge is 0.395 e. The first kappa shape index (κ1) is 16.5. The normalized spacial score (nSPS) is 21.8. The maximum Gasteiger partial charge on any atom is 0.270 e. The first-order valence-electron chi connectivity index (χ1n) is 8.63. The molecule has 0 unspecified atom stereocenters. The van der Waals surface area contributed by atoms with Gasteiger partial charge in [0, 0.05) is 35.0 Å². The highest BCUT2D eigenvalue weighted by molar-refractivity contribution is 5.92. The molecule has 4 rings (SSSR count). The zero-order chi connectivity index (χ0) is 18.0. The minimum absolute atomic E-state index is 0.0465. The Morgan fingerprint density at radius 3 is 2.58 bits per heavy atom. The van der Waals surface area contributed by atoms with E-state index in [4.69, 9.17) is 0 Å². The van der Waals surface area contributed by atoms with E-state index < -0.39 is 0 Å². The highest BCUT2D eigenvalue weighted by Gasteiger charge is 2.45. The summed E-state index contributed by atoms with van der Waals surface area (Å²) >= 11 is 0. The summed E-state index contributed by atoms with van der Waals surface area (Å²) in [5.74, 6) is -0.187. The molecule has 132 valence electrons. The lowest BCUT2D eigenvalue weighted by atomic mass is 9.62. The molecule has 3 aromatic rings. The predicted molar refractivity (Wildman–Crippen MR) is 97.5 cm³/mol. The second-order valence-corrected chi connectivity index (χ2v) is 6.80. The van der Waals surface area contributed by atoms with Crippen molar-refractivity contribution in [2.45, 2.75) is 24.3 Å². The SMILES string of the molecule is O=C(NC1CC(CO)(c2ccccc2)C1)c1ccc(-c2cn[nH]c2)cn1. The summed E-state index contributed by atoms with van der Waals surface area (Å²) < 4.78 is 0. The molecule has 0 bridgehead atoms. The van der Waals surface area contributed by atoms with Crippen LogP contribution in [0.5, 0.6) is 0 Å². The zero-order valence-corrected chi connectivity index (χ0v) is 14.2. The van der Waals surface area contributed by atoms with Crippen molar-refractivity contribution >= 4 is 5.91 Å². The van der Waals surface area contributed by atoms with Gasteiger partial charge in [-0.3, -0.25) is 14.9 Å². The van der Waals surface area contributed by atoms with E-state index in [0.29, 0.717) is 5.69 Å². The third kappa shape index (κ3) is 2.99. The molecule has 1 aliphatic carbocycles. The van der Waals surface area contributed by atoms with E-state index in [1.165, 1.54) is 0 Å². The molecule has 2 heterocycles. The number of amides is 1. The third-order valence-corrected chi connectivity index (χ3v) is 5.13. The number of pyridine rings is 1. The van der Waals surface area contributed by atoms with Crippen molar-refractivity contribution in [1.82, 2.24) is 20.5 Å². The molecule has 3 N–H and O–H groups in total. The van der Waals surface area contributed by atoms with Crippen LogP contribution < -0.4 is 5.32 Å². The van der Waals surface area contributed by atoms with E-state index in [9.17, 15) is 9.90 Å². The third-order valence-electron chi connectivity index (χ3n) is 5.13. The molecule has 6 nitrogen and oxygen atoms in total. The summed E-state index contributed by atoms with van der Waals surface area (Å²) in [7, 11) is 0. The number of aliphatic hydroxyl groups is 1. The number of hydrogen-bond donors (Lipinski definition) is 3. The van der Waals surface area contributed by atoms with Crippen LogP contribution in [0.1, 0.15) is 28.9 Å². The number of carbonyl (C=O) groups is 1. The fraction of sp³-hybridized carbons (Fsp3) is 0.250. The topological polar surface area (TPSA) is 90.9 Å². The molecule has 1 amide bonds. The highest BCUT2D eigenvalue weighted by Crippen LogP contribution is 2.43. The zero-order valence-electron chi connectivity index (χ0n) is 14.2. The number of carbonyl (C=O) groups excluding carboxylic acids is 1. The first-order valence-corrected chi connectivity index (χ1v) is 8.63. The van der Waals surface area contributed by atoms with E-state index in [1.54, 1.807) is 24.7 Å². The van der Waals surface area contributed by atoms with Crippen LogP contribution in [0.25, 0.3) is 11.1 Å². The van der Waals surface area contributed by atoms with Gasteiger partial charge >= 0.3 is 0 Å². The number of benzene rings is 1. The van der Waals surface area contributed by atoms with Crippen molar-refractivity contribution in [1.29, 1.82) is 0 Å². The van der Waals surface area contributed by atoms with Crippen LogP contribution in [-0.4, -0.2) is 38.8 Å². The van der Waals surface area contributed by atoms with E-state index >= 15 is 0 Å². The monoisotopic (exact) mass is 348 g/mol. The van der Waals surface area contributed by atoms with Gasteiger partial charge < -0.3 is 10.4 Å². The van der Waals surface area contributed by atoms with Gasteiger partial charge in [-0.1, -0.05) is 36.4 Å². The number of aromatic amines is 1. The molecule has 1 saturated carbocycles. The van der Waals surface area contributed by atoms with Crippen LogP contribution in [0.15, 0.2) is 61.1 Å². The summed E-state index contributed by atoms with van der Waals surface area (Å²) in [4.78, 5) is 16.7. The Balaban J connectivity index is 1.39. The van der Waals surface area contributed by atoms with E-state index in [1.807, 2.05) is 36.4 Å². The Morgan fingerprint density at radius 2 is 1.96 bits per heavy atom. The maximum atomic E-state index is 12.4. The molecule has 1 aliphatic rings. The number of aromatic nitrogens is 3. The number of nitrogens with zero attached hydrogens (tertiary/aromatic N) is 2. The smallest absolute Gasteiger partial charge is 0.270 e. The van der Waals surface area contributed by atoms with Crippen molar-refractivity contribution in [3.8, 4) is 11.1 Å². The van der Waals surface area contributed by atoms with Gasteiger partial charge in [0.25, 0.3) is 5.91 Å². The van der Waals surface area contributed by atoms with E-state index in [2.05, 4.69) is 20.5 Å². The molecule has 1 aromatic carbocycles. The van der Waals surface area contributed by atoms with Crippen LogP contribution in [0.4, 0.5) is 0 Å². The standard InChI is InChI=1S/C20H20N4O2/c25-13-20(16-4-2-1-3-5-16)8-17(9-20)24-19(26)18-7-6-14(10-21-18)15-11-22-23-12-15/h1-7,10-12,17,25H,8-9,13H2,(H,22,23)(H,24,26). The molecule has 0 aliphatic heterocycles. The number of rotatable bonds is 5. The Kier molecular flexibility index (Phi) is 4.26. The first-order chi connectivity index (χ1) is 12.7. The summed E-state index contributed by atoms with van der Waals surface area (Å²) in [6.45, 7) is 0.0844. The van der Waals surface area contributed by atoms with Crippen LogP contribution >= 0.6 is 0 Å². The Morgan fingerprint density at radius 1 is 1.15 bits per heavy atom. The highest BCUT2D eigenvalue weighted by atomic mass is 16.3. The molecular weight excluding hydrogens is 328 g/mol. The quantitative estimate of drug-likeness (QED) is 0.660. The van der Waals surface area contributed by atoms with Crippen LogP contribution in [0.2, 0.25) is 0 Å². The Hall–Kier alpha value is -2.99. The van der Waals surface area contributed by atoms with Crippen LogP contribution in [0, 0.1) is 0 Å². The molecule has 26 heavy (non-hydrogen) atoms. The lowest BCUT2D eigenvalue weighted by Gasteiger charge is -2.47. The van der Waals surface area contributed by atoms with Gasteiger partial charge in [0.1, 0.15) is 5.69 Å². The van der Waals surface area contributed by atoms with Gasteiger partial charge in [-0.05, 0) is 24.5 Å². The lowest BCUT2D eigenvalue weighted by Crippen LogP contribution is -2.55. The van der Waals surface area contributed by atoms with Gasteiger partial charge in [0.05, 0.1) is 12.8 Å². The van der Waals surface area contributed by atoms with Crippen molar-refractivity contribution < 1.29 is 9.90 Å². The maximum absolute atomic E-state index is 12.4. The molecular formula is C20H20N4O2. The van der Waals surface area contributed by atoms with Crippen LogP contribution in [-0.2, 0) is 5.41 Å². The minimum Gasteiger partial charge on any atom is -0.395 e. The van der Waals surface area contributed by atoms with Crippen molar-refractivity contribution in [3.63, 3.8) is 0 Å². The molecule has 2 aromatic heterocycles. The molecule has 0 spiro atoms. The van der Waals surface area contributed by atoms with Gasteiger partial charge in [-0.25, -0.2) is 0 Å². The summed E-state index contributed by atoms with van der Waals surface area (Å²) in [6.07, 6.45) is 6.62. The average Bonchev–Trinajstić information content (AvgIpc) is 3.20. The molecule has 1 fully saturated rings. The molecule has 0 radical (unpaired) electrons. The molecule has 0 atom stereocenters. The molecule has 0 saturated heterocycles. The Bertz CT molecular complexity index is 870. The summed E-state index contributed by atoms with van der Waals surface area (Å²) in [6, 6.07) is 13.6. The van der Waals surface area contributed by atoms with E-state index in [0.717, 1.165) is 29.5 Å². The summed E-state index contributed by atoms with van der Waals surface area (Å²) in [5, 5.41) is 19.5. The fourth-order valence-corrected chi connectivity index (χ4v) is 3.60. The van der Waals surface area contributed by atoms with E-state index in [-0.39, 0.29) is 24.0 Å². The second kappa shape index (κ2) is 6.72. The van der Waals surface area contributed by atoms with Crippen molar-refractivity contribution in [3.05, 3.63) is 72.3 Å². The lowest BCUT2D eigenvalue weighted by molar-refractivity contribution is 0.0697. The van der Waals surface area contributed by atoms with Gasteiger partial charge in [-0.15, -0.1) is 0 Å². The average molecular weight is 348 g/mol.